The van der Waals surface area contributed by atoms with Crippen molar-refractivity contribution in [1.29, 1.82) is 0 Å². The molecule has 1 aliphatic carbocycles. The van der Waals surface area contributed by atoms with E-state index in [0.717, 1.165) is 54.2 Å². The summed E-state index contributed by atoms with van der Waals surface area (Å²) in [5, 5.41) is 0. The quantitative estimate of drug-likeness (QED) is 0.756. The second-order valence-corrected chi connectivity index (χ2v) is 8.03. The Morgan fingerprint density at radius 3 is 2.57 bits per heavy atom. The zero-order valence-electron chi connectivity index (χ0n) is 16.2. The first-order valence-electron chi connectivity index (χ1n) is 10.1. The molecule has 5 heteroatoms. The number of fused-ring (bicyclic) bond motifs is 3. The molecule has 1 spiro atoms. The average molecular weight is 379 g/mol. The van der Waals surface area contributed by atoms with Gasteiger partial charge in [0.05, 0.1) is 31.2 Å². The molecular formula is C23H25NO4. The molecule has 0 radical (unpaired) electrons. The molecule has 1 fully saturated rings. The lowest BCUT2D eigenvalue weighted by atomic mass is 9.78. The molecule has 0 aromatic heterocycles. The second-order valence-electron chi connectivity index (χ2n) is 8.03. The molecule has 1 saturated carbocycles. The van der Waals surface area contributed by atoms with Crippen LogP contribution in [0.15, 0.2) is 36.4 Å². The number of hydrogen-bond donors (Lipinski definition) is 0. The van der Waals surface area contributed by atoms with Crippen molar-refractivity contribution < 1.29 is 19.0 Å². The summed E-state index contributed by atoms with van der Waals surface area (Å²) in [6.07, 6.45) is 5.92. The maximum absolute atomic E-state index is 12.9. The molecule has 0 amide bonds. The van der Waals surface area contributed by atoms with Gasteiger partial charge in [0.1, 0.15) is 22.8 Å². The molecule has 5 rings (SSSR count). The molecule has 0 N–H and O–H groups in total. The fourth-order valence-corrected chi connectivity index (χ4v) is 4.69. The van der Waals surface area contributed by atoms with Crippen LogP contribution in [0.25, 0.3) is 0 Å². The minimum absolute atomic E-state index is 0.201. The van der Waals surface area contributed by atoms with Crippen LogP contribution in [0.5, 0.6) is 17.2 Å². The lowest BCUT2D eigenvalue weighted by Gasteiger charge is -2.42. The van der Waals surface area contributed by atoms with Gasteiger partial charge < -0.3 is 19.1 Å². The molecule has 146 valence electrons. The lowest BCUT2D eigenvalue weighted by molar-refractivity contribution is 0.0123. The van der Waals surface area contributed by atoms with Crippen molar-refractivity contribution in [1.82, 2.24) is 0 Å². The highest BCUT2D eigenvalue weighted by atomic mass is 16.5. The smallest absolute Gasteiger partial charge is 0.170 e. The van der Waals surface area contributed by atoms with Gasteiger partial charge in [-0.15, -0.1) is 0 Å². The molecule has 0 saturated heterocycles. The molecular weight excluding hydrogens is 354 g/mol. The van der Waals surface area contributed by atoms with Crippen molar-refractivity contribution in [3.8, 4) is 17.2 Å². The first-order valence-corrected chi connectivity index (χ1v) is 10.1. The van der Waals surface area contributed by atoms with Crippen LogP contribution in [0, 0.1) is 0 Å². The maximum atomic E-state index is 12.9. The van der Waals surface area contributed by atoms with Gasteiger partial charge in [0.2, 0.25) is 0 Å². The SMILES string of the molecule is COc1ccc(N2COc3ccc4c(c3C2)OC2(CCCCC2)CC4=O)cc1. The standard InChI is InChI=1S/C23H25NO4/c1-26-17-7-5-16(6-8-17)24-14-19-21(27-15-24)10-9-18-20(25)13-23(28-22(18)19)11-3-2-4-12-23/h5-10H,2-4,11-15H2,1H3. The fourth-order valence-electron chi connectivity index (χ4n) is 4.69. The Bertz CT molecular complexity index is 900. The zero-order chi connectivity index (χ0) is 19.1. The summed E-state index contributed by atoms with van der Waals surface area (Å²) >= 11 is 0. The second kappa shape index (κ2) is 6.73. The Balaban J connectivity index is 1.49. The molecule has 2 heterocycles. The van der Waals surface area contributed by atoms with E-state index in [1.165, 1.54) is 6.42 Å². The van der Waals surface area contributed by atoms with Crippen LogP contribution in [0.1, 0.15) is 54.4 Å². The summed E-state index contributed by atoms with van der Waals surface area (Å²) in [7, 11) is 1.66. The van der Waals surface area contributed by atoms with Gasteiger partial charge >= 0.3 is 0 Å². The summed E-state index contributed by atoms with van der Waals surface area (Å²) in [4.78, 5) is 15.1. The Morgan fingerprint density at radius 2 is 1.82 bits per heavy atom. The van der Waals surface area contributed by atoms with E-state index in [-0.39, 0.29) is 11.4 Å². The highest BCUT2D eigenvalue weighted by Crippen LogP contribution is 2.46. The third-order valence-corrected chi connectivity index (χ3v) is 6.25. The Kier molecular flexibility index (Phi) is 4.18. The third-order valence-electron chi connectivity index (χ3n) is 6.25. The number of carbonyl (C=O) groups excluding carboxylic acids is 1. The van der Waals surface area contributed by atoms with Crippen molar-refractivity contribution in [2.45, 2.75) is 50.7 Å². The number of nitrogens with zero attached hydrogens (tertiary/aromatic N) is 1. The van der Waals surface area contributed by atoms with Gasteiger partial charge in [-0.1, -0.05) is 6.42 Å². The van der Waals surface area contributed by atoms with Gasteiger partial charge in [-0.05, 0) is 62.1 Å². The number of Topliss-reactive ketones (excluding diaryl/α,β-unsaturated/α-hetero) is 1. The lowest BCUT2D eigenvalue weighted by Crippen LogP contribution is -2.44. The predicted molar refractivity (Wildman–Crippen MR) is 107 cm³/mol. The van der Waals surface area contributed by atoms with E-state index >= 15 is 0 Å². The topological polar surface area (TPSA) is 48.0 Å². The minimum atomic E-state index is -0.320. The first kappa shape index (κ1) is 17.4. The van der Waals surface area contributed by atoms with Crippen molar-refractivity contribution >= 4 is 11.5 Å². The Labute approximate surface area is 165 Å². The molecule has 2 aliphatic heterocycles. The summed E-state index contributed by atoms with van der Waals surface area (Å²) in [5.74, 6) is 2.60. The first-order chi connectivity index (χ1) is 13.7. The van der Waals surface area contributed by atoms with Gasteiger partial charge in [0, 0.05) is 5.69 Å². The van der Waals surface area contributed by atoms with E-state index in [1.54, 1.807) is 7.11 Å². The van der Waals surface area contributed by atoms with Crippen LogP contribution < -0.4 is 19.1 Å². The molecule has 28 heavy (non-hydrogen) atoms. The molecule has 2 aromatic rings. The van der Waals surface area contributed by atoms with E-state index < -0.39 is 0 Å². The molecule has 0 unspecified atom stereocenters. The van der Waals surface area contributed by atoms with E-state index in [1.807, 2.05) is 36.4 Å². The number of hydrogen-bond acceptors (Lipinski definition) is 5. The van der Waals surface area contributed by atoms with E-state index in [9.17, 15) is 4.79 Å². The summed E-state index contributed by atoms with van der Waals surface area (Å²) < 4.78 is 17.9. The van der Waals surface area contributed by atoms with Gasteiger partial charge in [0.25, 0.3) is 0 Å². The normalized spacial score (nSPS) is 20.0. The fraction of sp³-hybridized carbons (Fsp3) is 0.435. The summed E-state index contributed by atoms with van der Waals surface area (Å²) in [6.45, 7) is 1.13. The summed E-state index contributed by atoms with van der Waals surface area (Å²) in [5.41, 5.74) is 2.42. The van der Waals surface area contributed by atoms with Crippen LogP contribution >= 0.6 is 0 Å². The number of anilines is 1. The predicted octanol–water partition coefficient (Wildman–Crippen LogP) is 4.72. The number of ether oxygens (including phenoxy) is 3. The Hall–Kier alpha value is -2.69. The highest BCUT2D eigenvalue weighted by Gasteiger charge is 2.43. The highest BCUT2D eigenvalue weighted by molar-refractivity contribution is 6.01. The molecule has 2 aromatic carbocycles. The largest absolute Gasteiger partial charge is 0.497 e. The monoisotopic (exact) mass is 379 g/mol. The number of rotatable bonds is 2. The zero-order valence-corrected chi connectivity index (χ0v) is 16.2. The van der Waals surface area contributed by atoms with Crippen molar-refractivity contribution in [2.24, 2.45) is 0 Å². The molecule has 0 atom stereocenters. The average Bonchev–Trinajstić information content (AvgIpc) is 2.74. The van der Waals surface area contributed by atoms with Gasteiger partial charge in [-0.25, -0.2) is 0 Å². The van der Waals surface area contributed by atoms with Gasteiger partial charge in [-0.2, -0.15) is 0 Å². The third kappa shape index (κ3) is 2.89. The number of carbonyl (C=O) groups is 1. The summed E-state index contributed by atoms with van der Waals surface area (Å²) in [6, 6.07) is 11.7. The maximum Gasteiger partial charge on any atom is 0.170 e. The Morgan fingerprint density at radius 1 is 1.04 bits per heavy atom. The van der Waals surface area contributed by atoms with E-state index in [2.05, 4.69) is 4.90 Å². The minimum Gasteiger partial charge on any atom is -0.497 e. The van der Waals surface area contributed by atoms with Crippen LogP contribution in [-0.2, 0) is 6.54 Å². The van der Waals surface area contributed by atoms with E-state index in [4.69, 9.17) is 14.2 Å². The van der Waals surface area contributed by atoms with E-state index in [0.29, 0.717) is 25.3 Å². The molecule has 3 aliphatic rings. The van der Waals surface area contributed by atoms with Gasteiger partial charge in [0.15, 0.2) is 12.5 Å². The molecule has 5 nitrogen and oxygen atoms in total. The van der Waals surface area contributed by atoms with Crippen molar-refractivity contribution in [3.63, 3.8) is 0 Å². The number of methoxy groups -OCH3 is 1. The van der Waals surface area contributed by atoms with Crippen molar-refractivity contribution in [2.75, 3.05) is 18.7 Å². The number of benzene rings is 2. The van der Waals surface area contributed by atoms with Gasteiger partial charge in [-0.3, -0.25) is 4.79 Å². The van der Waals surface area contributed by atoms with Crippen molar-refractivity contribution in [3.05, 3.63) is 47.5 Å². The molecule has 0 bridgehead atoms. The van der Waals surface area contributed by atoms with Crippen LogP contribution in [0.2, 0.25) is 0 Å². The van der Waals surface area contributed by atoms with Crippen LogP contribution in [-0.4, -0.2) is 25.2 Å². The van der Waals surface area contributed by atoms with Crippen LogP contribution in [0.3, 0.4) is 0 Å². The number of ketones is 1. The van der Waals surface area contributed by atoms with Crippen LogP contribution in [0.4, 0.5) is 5.69 Å².